The fourth-order valence-corrected chi connectivity index (χ4v) is 2.73. The monoisotopic (exact) mass is 305 g/mol. The second-order valence-corrected chi connectivity index (χ2v) is 5.46. The number of H-pyrrole nitrogens is 1. The predicted octanol–water partition coefficient (Wildman–Crippen LogP) is 1.85. The number of aliphatic carboxylic acids is 1. The number of nitrogens with zero attached hydrogens (tertiary/aromatic N) is 1. The van der Waals surface area contributed by atoms with E-state index in [-0.39, 0.29) is 5.91 Å². The fourth-order valence-electron chi connectivity index (χ4n) is 1.74. The summed E-state index contributed by atoms with van der Waals surface area (Å²) >= 11 is 1.27. The van der Waals surface area contributed by atoms with Crippen LogP contribution in [0.5, 0.6) is 0 Å². The van der Waals surface area contributed by atoms with Gasteiger partial charge in [0.2, 0.25) is 0 Å². The van der Waals surface area contributed by atoms with Gasteiger partial charge in [0.05, 0.1) is 4.88 Å². The average Bonchev–Trinajstić information content (AvgIpc) is 3.06. The minimum atomic E-state index is -1.01. The molecule has 2 aromatic heterocycles. The maximum absolute atomic E-state index is 12.0. The van der Waals surface area contributed by atoms with Crippen LogP contribution >= 0.6 is 11.3 Å². The van der Waals surface area contributed by atoms with Gasteiger partial charge in [-0.2, -0.15) is 0 Å². The van der Waals surface area contributed by atoms with E-state index in [0.29, 0.717) is 17.8 Å². The number of aromatic amines is 1. The van der Waals surface area contributed by atoms with Crippen LogP contribution in [0.15, 0.2) is 24.5 Å². The van der Waals surface area contributed by atoms with Crippen molar-refractivity contribution in [3.63, 3.8) is 0 Å². The molecule has 21 heavy (non-hydrogen) atoms. The van der Waals surface area contributed by atoms with Crippen LogP contribution in [0, 0.1) is 6.92 Å². The number of amides is 1. The lowest BCUT2D eigenvalue weighted by atomic mass is 10.2. The summed E-state index contributed by atoms with van der Waals surface area (Å²) in [4.78, 5) is 30.9. The number of carbonyl (C=O) groups excluding carboxylic acids is 1. The highest BCUT2D eigenvalue weighted by molar-refractivity contribution is 7.15. The standard InChI is InChI=1S/C14H15N3O3S/c1-9-8-11(21-10(9)2-3-13(18)19)14(20)17-5-4-12-15-6-7-16-12/h2-3,6-8H,4-5H2,1H3,(H,15,16)(H,17,20)(H,18,19)/b3-2+. The second-order valence-electron chi connectivity index (χ2n) is 4.37. The van der Waals surface area contributed by atoms with Gasteiger partial charge in [-0.25, -0.2) is 9.78 Å². The first-order chi connectivity index (χ1) is 10.1. The van der Waals surface area contributed by atoms with Gasteiger partial charge in [0.25, 0.3) is 5.91 Å². The van der Waals surface area contributed by atoms with Crippen LogP contribution in [-0.2, 0) is 11.2 Å². The molecule has 0 saturated heterocycles. The summed E-state index contributed by atoms with van der Waals surface area (Å²) in [6.45, 7) is 2.33. The van der Waals surface area contributed by atoms with Gasteiger partial charge in [-0.3, -0.25) is 4.79 Å². The third-order valence-electron chi connectivity index (χ3n) is 2.76. The Hall–Kier alpha value is -2.41. The van der Waals surface area contributed by atoms with Crippen LogP contribution in [0.4, 0.5) is 0 Å². The van der Waals surface area contributed by atoms with Crippen LogP contribution in [0.1, 0.15) is 25.9 Å². The zero-order valence-corrected chi connectivity index (χ0v) is 12.2. The average molecular weight is 305 g/mol. The largest absolute Gasteiger partial charge is 0.478 e. The molecule has 0 aromatic carbocycles. The van der Waals surface area contributed by atoms with Gasteiger partial charge in [-0.05, 0) is 24.6 Å². The molecular weight excluding hydrogens is 290 g/mol. The topological polar surface area (TPSA) is 95.1 Å². The SMILES string of the molecule is Cc1cc(C(=O)NCCc2ncc[nH]2)sc1/C=C/C(=O)O. The van der Waals surface area contributed by atoms with E-state index in [0.717, 1.165) is 22.3 Å². The van der Waals surface area contributed by atoms with E-state index in [2.05, 4.69) is 15.3 Å². The highest BCUT2D eigenvalue weighted by atomic mass is 32.1. The number of nitrogens with one attached hydrogen (secondary N) is 2. The van der Waals surface area contributed by atoms with Crippen LogP contribution in [0.25, 0.3) is 6.08 Å². The molecule has 0 saturated carbocycles. The van der Waals surface area contributed by atoms with E-state index in [1.165, 1.54) is 17.4 Å². The van der Waals surface area contributed by atoms with Gasteiger partial charge in [-0.1, -0.05) is 0 Å². The van der Waals surface area contributed by atoms with Crippen molar-refractivity contribution in [2.45, 2.75) is 13.3 Å². The molecule has 0 spiro atoms. The van der Waals surface area contributed by atoms with Crippen molar-refractivity contribution in [3.05, 3.63) is 45.7 Å². The first kappa shape index (κ1) is 15.0. The van der Waals surface area contributed by atoms with Crippen LogP contribution < -0.4 is 5.32 Å². The van der Waals surface area contributed by atoms with E-state index in [9.17, 15) is 9.59 Å². The summed E-state index contributed by atoms with van der Waals surface area (Å²) in [5.41, 5.74) is 0.883. The summed E-state index contributed by atoms with van der Waals surface area (Å²) in [5, 5.41) is 11.4. The Morgan fingerprint density at radius 2 is 2.33 bits per heavy atom. The summed E-state index contributed by atoms with van der Waals surface area (Å²) in [6.07, 6.45) is 6.61. The molecule has 0 atom stereocenters. The Morgan fingerprint density at radius 1 is 1.52 bits per heavy atom. The Balaban J connectivity index is 1.93. The third-order valence-corrected chi connectivity index (χ3v) is 3.96. The van der Waals surface area contributed by atoms with Gasteiger partial charge in [0, 0.05) is 36.3 Å². The second kappa shape index (κ2) is 6.85. The number of hydrogen-bond donors (Lipinski definition) is 3. The van der Waals surface area contributed by atoms with Gasteiger partial charge in [-0.15, -0.1) is 11.3 Å². The number of aromatic nitrogens is 2. The molecule has 0 unspecified atom stereocenters. The number of carboxylic acids is 1. The summed E-state index contributed by atoms with van der Waals surface area (Å²) in [5.74, 6) is -0.348. The Bertz CT molecular complexity index is 659. The lowest BCUT2D eigenvalue weighted by Crippen LogP contribution is -2.25. The molecule has 0 radical (unpaired) electrons. The van der Waals surface area contributed by atoms with E-state index in [4.69, 9.17) is 5.11 Å². The molecule has 0 aliphatic carbocycles. The minimum absolute atomic E-state index is 0.162. The van der Waals surface area contributed by atoms with Crippen LogP contribution in [0.2, 0.25) is 0 Å². The Labute approximate surface area is 125 Å². The lowest BCUT2D eigenvalue weighted by molar-refractivity contribution is -0.131. The van der Waals surface area contributed by atoms with Crippen molar-refractivity contribution in [1.29, 1.82) is 0 Å². The van der Waals surface area contributed by atoms with Crippen LogP contribution in [-0.4, -0.2) is 33.5 Å². The third kappa shape index (κ3) is 4.28. The highest BCUT2D eigenvalue weighted by Crippen LogP contribution is 2.23. The van der Waals surface area contributed by atoms with E-state index < -0.39 is 5.97 Å². The summed E-state index contributed by atoms with van der Waals surface area (Å²) < 4.78 is 0. The lowest BCUT2D eigenvalue weighted by Gasteiger charge is -2.01. The Morgan fingerprint density at radius 3 is 3.00 bits per heavy atom. The first-order valence-corrected chi connectivity index (χ1v) is 7.16. The molecule has 6 nitrogen and oxygen atoms in total. The molecule has 1 amide bonds. The normalized spacial score (nSPS) is 10.9. The maximum atomic E-state index is 12.0. The molecular formula is C14H15N3O3S. The quantitative estimate of drug-likeness (QED) is 0.710. The molecule has 2 aromatic rings. The predicted molar refractivity (Wildman–Crippen MR) is 80.4 cm³/mol. The molecule has 0 aliphatic rings. The highest BCUT2D eigenvalue weighted by Gasteiger charge is 2.11. The van der Waals surface area contributed by atoms with E-state index in [1.54, 1.807) is 18.5 Å². The van der Waals surface area contributed by atoms with E-state index in [1.807, 2.05) is 6.92 Å². The van der Waals surface area contributed by atoms with Gasteiger partial charge in [0.15, 0.2) is 0 Å². The number of imidazole rings is 1. The molecule has 0 bridgehead atoms. The maximum Gasteiger partial charge on any atom is 0.328 e. The summed E-state index contributed by atoms with van der Waals surface area (Å²) in [6, 6.07) is 1.76. The number of hydrogen-bond acceptors (Lipinski definition) is 4. The molecule has 0 fully saturated rings. The molecule has 3 N–H and O–H groups in total. The first-order valence-electron chi connectivity index (χ1n) is 6.34. The van der Waals surface area contributed by atoms with Gasteiger partial charge in [0.1, 0.15) is 5.82 Å². The molecule has 110 valence electrons. The molecule has 7 heteroatoms. The summed E-state index contributed by atoms with van der Waals surface area (Å²) in [7, 11) is 0. The minimum Gasteiger partial charge on any atom is -0.478 e. The molecule has 2 rings (SSSR count). The zero-order valence-electron chi connectivity index (χ0n) is 11.4. The number of rotatable bonds is 6. The Kier molecular flexibility index (Phi) is 4.89. The van der Waals surface area contributed by atoms with Crippen molar-refractivity contribution in [1.82, 2.24) is 15.3 Å². The molecule has 0 aliphatic heterocycles. The number of carboxylic acid groups (broad SMARTS) is 1. The van der Waals surface area contributed by atoms with Gasteiger partial charge >= 0.3 is 5.97 Å². The van der Waals surface area contributed by atoms with Crippen molar-refractivity contribution in [2.24, 2.45) is 0 Å². The number of carbonyl (C=O) groups is 2. The number of thiophene rings is 1. The zero-order chi connectivity index (χ0) is 15.2. The smallest absolute Gasteiger partial charge is 0.328 e. The van der Waals surface area contributed by atoms with Crippen LogP contribution in [0.3, 0.4) is 0 Å². The van der Waals surface area contributed by atoms with Gasteiger partial charge < -0.3 is 15.4 Å². The molecule has 2 heterocycles. The van der Waals surface area contributed by atoms with E-state index >= 15 is 0 Å². The van der Waals surface area contributed by atoms with Crippen molar-refractivity contribution < 1.29 is 14.7 Å². The van der Waals surface area contributed by atoms with Crippen molar-refractivity contribution in [3.8, 4) is 0 Å². The van der Waals surface area contributed by atoms with Crippen molar-refractivity contribution >= 4 is 29.3 Å². The fraction of sp³-hybridized carbons (Fsp3) is 0.214. The number of aryl methyl sites for hydroxylation is 1. The van der Waals surface area contributed by atoms with Crippen molar-refractivity contribution in [2.75, 3.05) is 6.54 Å².